The van der Waals surface area contributed by atoms with E-state index < -0.39 is 5.82 Å². The Hall–Kier alpha value is -3.22. The van der Waals surface area contributed by atoms with E-state index in [1.807, 2.05) is 29.8 Å². The lowest BCUT2D eigenvalue weighted by Crippen LogP contribution is -2.26. The molecule has 0 unspecified atom stereocenters. The fourth-order valence-electron chi connectivity index (χ4n) is 2.92. The highest BCUT2D eigenvalue weighted by Crippen LogP contribution is 2.20. The summed E-state index contributed by atoms with van der Waals surface area (Å²) in [6.07, 6.45) is 0.942. The van der Waals surface area contributed by atoms with Crippen molar-refractivity contribution in [2.75, 3.05) is 11.9 Å². The first kappa shape index (κ1) is 19.5. The van der Waals surface area contributed by atoms with Crippen LogP contribution in [0.5, 0.6) is 0 Å². The molecule has 0 radical (unpaired) electrons. The minimum atomic E-state index is -0.394. The van der Waals surface area contributed by atoms with Crippen molar-refractivity contribution in [1.29, 1.82) is 0 Å². The molecule has 0 atom stereocenters. The summed E-state index contributed by atoms with van der Waals surface area (Å²) in [5.74, 6) is 0.0475. The molecular weight excluding hydrogens is 359 g/mol. The van der Waals surface area contributed by atoms with Crippen LogP contribution in [0.15, 0.2) is 36.4 Å². The van der Waals surface area contributed by atoms with Gasteiger partial charge < -0.3 is 15.2 Å². The normalized spacial score (nSPS) is 10.9. The second-order valence-electron chi connectivity index (χ2n) is 6.66. The molecule has 3 rings (SSSR count). The molecule has 0 saturated carbocycles. The molecule has 28 heavy (non-hydrogen) atoms. The first-order chi connectivity index (χ1) is 13.4. The van der Waals surface area contributed by atoms with E-state index in [0.29, 0.717) is 36.2 Å². The Labute approximate surface area is 162 Å². The van der Waals surface area contributed by atoms with Gasteiger partial charge in [0.2, 0.25) is 5.91 Å². The quantitative estimate of drug-likeness (QED) is 0.687. The minimum Gasteiger partial charge on any atom is -0.352 e. The number of rotatable bonds is 6. The lowest BCUT2D eigenvalue weighted by molar-refractivity contribution is -0.115. The van der Waals surface area contributed by atoms with Gasteiger partial charge in [-0.1, -0.05) is 13.0 Å². The number of nitrogens with one attached hydrogen (secondary N) is 2. The summed E-state index contributed by atoms with van der Waals surface area (Å²) in [5, 5.41) is 5.62. The third kappa shape index (κ3) is 4.19. The zero-order valence-electron chi connectivity index (χ0n) is 16.2. The molecule has 1 heterocycles. The Kier molecular flexibility index (Phi) is 5.73. The average Bonchev–Trinajstić information content (AvgIpc) is 2.99. The van der Waals surface area contributed by atoms with Gasteiger partial charge in [-0.15, -0.1) is 0 Å². The number of halogens is 1. The molecule has 1 aromatic heterocycles. The first-order valence-electron chi connectivity index (χ1n) is 9.18. The summed E-state index contributed by atoms with van der Waals surface area (Å²) in [6.45, 7) is 3.83. The zero-order valence-corrected chi connectivity index (χ0v) is 16.2. The number of carbonyl (C=O) groups is 2. The highest BCUT2D eigenvalue weighted by atomic mass is 19.1. The predicted molar refractivity (Wildman–Crippen MR) is 107 cm³/mol. The third-order valence-electron chi connectivity index (χ3n) is 4.65. The van der Waals surface area contributed by atoms with Crippen LogP contribution < -0.4 is 10.6 Å². The first-order valence-corrected chi connectivity index (χ1v) is 9.18. The maximum atomic E-state index is 13.6. The highest BCUT2D eigenvalue weighted by Gasteiger charge is 2.11. The van der Waals surface area contributed by atoms with Crippen LogP contribution >= 0.6 is 0 Å². The van der Waals surface area contributed by atoms with Crippen LogP contribution in [0.4, 0.5) is 10.1 Å². The van der Waals surface area contributed by atoms with Crippen molar-refractivity contribution in [3.8, 4) is 0 Å². The summed E-state index contributed by atoms with van der Waals surface area (Å²) >= 11 is 0. The Morgan fingerprint density at radius 2 is 1.96 bits per heavy atom. The van der Waals surface area contributed by atoms with Crippen molar-refractivity contribution < 1.29 is 14.0 Å². The molecule has 2 aromatic carbocycles. The van der Waals surface area contributed by atoms with E-state index in [9.17, 15) is 14.0 Å². The van der Waals surface area contributed by atoms with Gasteiger partial charge in [-0.05, 0) is 42.8 Å². The van der Waals surface area contributed by atoms with Gasteiger partial charge in [0.25, 0.3) is 5.91 Å². The number of aryl methyl sites for hydroxylation is 2. The van der Waals surface area contributed by atoms with Crippen molar-refractivity contribution in [1.82, 2.24) is 14.9 Å². The largest absolute Gasteiger partial charge is 0.352 e. The third-order valence-corrected chi connectivity index (χ3v) is 4.65. The van der Waals surface area contributed by atoms with Gasteiger partial charge in [0, 0.05) is 37.7 Å². The number of carbonyl (C=O) groups excluding carboxylic acids is 2. The van der Waals surface area contributed by atoms with Gasteiger partial charge in [-0.25, -0.2) is 9.37 Å². The number of hydrogen-bond donors (Lipinski definition) is 2. The molecule has 3 aromatic rings. The SMILES string of the molecule is CCC(=O)Nc1ccc2c(c1)nc(CCNC(=O)c1ccc(C)c(F)c1)n2C. The summed E-state index contributed by atoms with van der Waals surface area (Å²) in [7, 11) is 1.91. The number of imidazole rings is 1. The Morgan fingerprint density at radius 1 is 1.18 bits per heavy atom. The van der Waals surface area contributed by atoms with Gasteiger partial charge >= 0.3 is 0 Å². The van der Waals surface area contributed by atoms with Gasteiger partial charge in [-0.3, -0.25) is 9.59 Å². The van der Waals surface area contributed by atoms with E-state index in [1.54, 1.807) is 26.0 Å². The number of nitrogens with zero attached hydrogens (tertiary/aromatic N) is 2. The summed E-state index contributed by atoms with van der Waals surface area (Å²) < 4.78 is 15.6. The smallest absolute Gasteiger partial charge is 0.251 e. The second-order valence-corrected chi connectivity index (χ2v) is 6.66. The molecule has 0 aliphatic heterocycles. The molecule has 2 amide bonds. The Balaban J connectivity index is 1.66. The molecule has 6 nitrogen and oxygen atoms in total. The monoisotopic (exact) mass is 382 g/mol. The van der Waals surface area contributed by atoms with Gasteiger partial charge in [0.15, 0.2) is 0 Å². The summed E-state index contributed by atoms with van der Waals surface area (Å²) in [5.41, 5.74) is 3.23. The Morgan fingerprint density at radius 3 is 2.68 bits per heavy atom. The number of aromatic nitrogens is 2. The van der Waals surface area contributed by atoms with Crippen LogP contribution in [0.2, 0.25) is 0 Å². The van der Waals surface area contributed by atoms with E-state index in [4.69, 9.17) is 0 Å². The predicted octanol–water partition coefficient (Wildman–Crippen LogP) is 3.34. The van der Waals surface area contributed by atoms with Gasteiger partial charge in [0.1, 0.15) is 11.6 Å². The minimum absolute atomic E-state index is 0.0502. The fourth-order valence-corrected chi connectivity index (χ4v) is 2.92. The lowest BCUT2D eigenvalue weighted by Gasteiger charge is -2.07. The topological polar surface area (TPSA) is 76.0 Å². The van der Waals surface area contributed by atoms with Gasteiger partial charge in [-0.2, -0.15) is 0 Å². The van der Waals surface area contributed by atoms with Crippen LogP contribution in [0.1, 0.15) is 35.1 Å². The average molecular weight is 382 g/mol. The molecule has 0 bridgehead atoms. The van der Waals surface area contributed by atoms with Crippen LogP contribution in [0, 0.1) is 12.7 Å². The summed E-state index contributed by atoms with van der Waals surface area (Å²) in [4.78, 5) is 28.3. The van der Waals surface area contributed by atoms with E-state index in [2.05, 4.69) is 15.6 Å². The molecule has 7 heteroatoms. The van der Waals surface area contributed by atoms with Crippen molar-refractivity contribution in [2.24, 2.45) is 7.05 Å². The number of anilines is 1. The maximum absolute atomic E-state index is 13.6. The highest BCUT2D eigenvalue weighted by molar-refractivity contribution is 5.94. The second kappa shape index (κ2) is 8.21. The molecule has 0 saturated heterocycles. The van der Waals surface area contributed by atoms with Crippen LogP contribution in [-0.2, 0) is 18.3 Å². The van der Waals surface area contributed by atoms with Crippen LogP contribution in [-0.4, -0.2) is 27.9 Å². The maximum Gasteiger partial charge on any atom is 0.251 e. The number of amides is 2. The fraction of sp³-hybridized carbons (Fsp3) is 0.286. The molecule has 0 spiro atoms. The van der Waals surface area contributed by atoms with Gasteiger partial charge in [0.05, 0.1) is 11.0 Å². The van der Waals surface area contributed by atoms with Crippen molar-refractivity contribution >= 4 is 28.5 Å². The zero-order chi connectivity index (χ0) is 20.3. The standard InChI is InChI=1S/C21H23FN4O2/c1-4-20(27)24-15-7-8-18-17(12-15)25-19(26(18)3)9-10-23-21(28)14-6-5-13(2)16(22)11-14/h5-8,11-12H,4,9-10H2,1-3H3,(H,23,28)(H,24,27). The van der Waals surface area contributed by atoms with Crippen LogP contribution in [0.25, 0.3) is 11.0 Å². The van der Waals surface area contributed by atoms with E-state index in [1.165, 1.54) is 6.07 Å². The van der Waals surface area contributed by atoms with Crippen molar-refractivity contribution in [3.05, 3.63) is 59.2 Å². The van der Waals surface area contributed by atoms with Crippen LogP contribution in [0.3, 0.4) is 0 Å². The summed E-state index contributed by atoms with van der Waals surface area (Å²) in [6, 6.07) is 10.0. The van der Waals surface area contributed by atoms with E-state index in [-0.39, 0.29) is 11.8 Å². The van der Waals surface area contributed by atoms with E-state index in [0.717, 1.165) is 16.9 Å². The molecule has 0 aliphatic rings. The van der Waals surface area contributed by atoms with Crippen molar-refractivity contribution in [2.45, 2.75) is 26.7 Å². The Bertz CT molecular complexity index is 1040. The molecule has 0 fully saturated rings. The number of benzene rings is 2. The molecule has 0 aliphatic carbocycles. The van der Waals surface area contributed by atoms with Crippen molar-refractivity contribution in [3.63, 3.8) is 0 Å². The lowest BCUT2D eigenvalue weighted by atomic mass is 10.1. The van der Waals surface area contributed by atoms with E-state index >= 15 is 0 Å². The number of hydrogen-bond acceptors (Lipinski definition) is 3. The number of fused-ring (bicyclic) bond motifs is 1. The molecular formula is C21H23FN4O2. The molecule has 146 valence electrons. The molecule has 2 N–H and O–H groups in total.